The molecule has 1 aromatic heterocycles. The highest BCUT2D eigenvalue weighted by molar-refractivity contribution is 5.63. The average Bonchev–Trinajstić information content (AvgIpc) is 2.85. The minimum atomic E-state index is 0.0222. The molecule has 0 atom stereocenters. The van der Waals surface area contributed by atoms with E-state index in [0.29, 0.717) is 6.54 Å². The quantitative estimate of drug-likeness (QED) is 0.890. The van der Waals surface area contributed by atoms with Crippen LogP contribution in [0.5, 0.6) is 5.75 Å². The highest BCUT2D eigenvalue weighted by Crippen LogP contribution is 2.34. The van der Waals surface area contributed by atoms with Gasteiger partial charge in [0.1, 0.15) is 5.75 Å². The summed E-state index contributed by atoms with van der Waals surface area (Å²) in [6.45, 7) is 6.98. The number of nitrogens with one attached hydrogen (secondary N) is 1. The molecule has 4 heteroatoms. The van der Waals surface area contributed by atoms with Gasteiger partial charge < -0.3 is 10.5 Å². The molecule has 0 amide bonds. The van der Waals surface area contributed by atoms with Crippen LogP contribution in [0, 0.1) is 0 Å². The first-order valence-corrected chi connectivity index (χ1v) is 6.39. The molecule has 0 aliphatic carbocycles. The van der Waals surface area contributed by atoms with E-state index < -0.39 is 0 Å². The minimum Gasteiger partial charge on any atom is -0.496 e. The Morgan fingerprint density at radius 2 is 2.00 bits per heavy atom. The highest BCUT2D eigenvalue weighted by Gasteiger charge is 2.20. The summed E-state index contributed by atoms with van der Waals surface area (Å²) in [7, 11) is 1.70. The maximum absolute atomic E-state index is 5.59. The summed E-state index contributed by atoms with van der Waals surface area (Å²) in [5.41, 5.74) is 9.70. The first-order valence-electron chi connectivity index (χ1n) is 6.39. The fourth-order valence-corrected chi connectivity index (χ4v) is 2.07. The van der Waals surface area contributed by atoms with Gasteiger partial charge in [-0.3, -0.25) is 5.10 Å². The molecule has 0 saturated heterocycles. The van der Waals surface area contributed by atoms with Crippen LogP contribution in [0.2, 0.25) is 0 Å². The third-order valence-corrected chi connectivity index (χ3v) is 3.15. The predicted molar refractivity (Wildman–Crippen MR) is 77.2 cm³/mol. The second-order valence-electron chi connectivity index (χ2n) is 5.65. The van der Waals surface area contributed by atoms with Gasteiger partial charge in [0.05, 0.1) is 12.8 Å². The number of aromatic amines is 1. The summed E-state index contributed by atoms with van der Waals surface area (Å²) < 4.78 is 5.44. The Hall–Kier alpha value is -1.81. The van der Waals surface area contributed by atoms with Gasteiger partial charge in [-0.25, -0.2) is 0 Å². The maximum Gasteiger partial charge on any atom is 0.122 e. The number of benzene rings is 1. The third kappa shape index (κ3) is 2.79. The van der Waals surface area contributed by atoms with E-state index in [4.69, 9.17) is 10.5 Å². The van der Waals surface area contributed by atoms with Crippen molar-refractivity contribution in [3.8, 4) is 17.0 Å². The second-order valence-corrected chi connectivity index (χ2v) is 5.65. The highest BCUT2D eigenvalue weighted by atomic mass is 16.5. The lowest BCUT2D eigenvalue weighted by Crippen LogP contribution is -2.12. The zero-order valence-corrected chi connectivity index (χ0v) is 11.9. The molecule has 102 valence electrons. The number of nitrogens with zero attached hydrogens (tertiary/aromatic N) is 1. The number of rotatable bonds is 3. The number of hydrogen-bond donors (Lipinski definition) is 2. The Labute approximate surface area is 114 Å². The number of aromatic nitrogens is 2. The monoisotopic (exact) mass is 259 g/mol. The van der Waals surface area contributed by atoms with Crippen LogP contribution in [0.4, 0.5) is 0 Å². The van der Waals surface area contributed by atoms with Gasteiger partial charge >= 0.3 is 0 Å². The lowest BCUT2D eigenvalue weighted by Gasteiger charge is -2.22. The minimum absolute atomic E-state index is 0.0222. The molecule has 2 aromatic rings. The molecule has 0 aliphatic heterocycles. The van der Waals surface area contributed by atoms with Gasteiger partial charge in [-0.1, -0.05) is 20.8 Å². The van der Waals surface area contributed by atoms with E-state index in [1.165, 1.54) is 5.56 Å². The van der Waals surface area contributed by atoms with E-state index in [1.54, 1.807) is 7.11 Å². The van der Waals surface area contributed by atoms with E-state index in [2.05, 4.69) is 37.0 Å². The van der Waals surface area contributed by atoms with Crippen molar-refractivity contribution in [2.24, 2.45) is 5.73 Å². The van der Waals surface area contributed by atoms with Crippen LogP contribution in [0.15, 0.2) is 24.3 Å². The van der Waals surface area contributed by atoms with Crippen molar-refractivity contribution >= 4 is 0 Å². The predicted octanol–water partition coefficient (Wildman–Crippen LogP) is 2.84. The molecule has 0 aliphatic rings. The summed E-state index contributed by atoms with van der Waals surface area (Å²) in [4.78, 5) is 0. The van der Waals surface area contributed by atoms with Gasteiger partial charge in [0.2, 0.25) is 0 Å². The Morgan fingerprint density at radius 3 is 2.53 bits per heavy atom. The van der Waals surface area contributed by atoms with Gasteiger partial charge in [-0.15, -0.1) is 0 Å². The lowest BCUT2D eigenvalue weighted by molar-refractivity contribution is 0.397. The molecular weight excluding hydrogens is 238 g/mol. The van der Waals surface area contributed by atoms with Gasteiger partial charge in [-0.2, -0.15) is 5.10 Å². The molecule has 0 saturated carbocycles. The molecule has 0 fully saturated rings. The first kappa shape index (κ1) is 13.6. The fraction of sp³-hybridized carbons (Fsp3) is 0.400. The van der Waals surface area contributed by atoms with E-state index in [1.807, 2.05) is 18.2 Å². The topological polar surface area (TPSA) is 63.9 Å². The SMILES string of the molecule is COc1ccc(-c2cc(CN)[nH]n2)cc1C(C)(C)C. The zero-order chi connectivity index (χ0) is 14.0. The van der Waals surface area contributed by atoms with Crippen molar-refractivity contribution in [1.82, 2.24) is 10.2 Å². The van der Waals surface area contributed by atoms with Crippen molar-refractivity contribution in [2.75, 3.05) is 7.11 Å². The standard InChI is InChI=1S/C15H21N3O/c1-15(2,3)12-7-10(5-6-14(12)19-4)13-8-11(9-16)17-18-13/h5-8H,9,16H2,1-4H3,(H,17,18). The van der Waals surface area contributed by atoms with Crippen molar-refractivity contribution in [3.63, 3.8) is 0 Å². The molecule has 0 bridgehead atoms. The zero-order valence-electron chi connectivity index (χ0n) is 11.9. The van der Waals surface area contributed by atoms with Gasteiger partial charge in [-0.05, 0) is 29.7 Å². The largest absolute Gasteiger partial charge is 0.496 e. The van der Waals surface area contributed by atoms with Gasteiger partial charge in [0.15, 0.2) is 0 Å². The lowest BCUT2D eigenvalue weighted by atomic mass is 9.85. The van der Waals surface area contributed by atoms with Crippen LogP contribution in [0.3, 0.4) is 0 Å². The number of nitrogens with two attached hydrogens (primary N) is 1. The summed E-state index contributed by atoms with van der Waals surface area (Å²) in [5, 5.41) is 7.22. The maximum atomic E-state index is 5.59. The van der Waals surface area contributed by atoms with Crippen LogP contribution >= 0.6 is 0 Å². The van der Waals surface area contributed by atoms with Crippen LogP contribution in [0.1, 0.15) is 32.0 Å². The number of methoxy groups -OCH3 is 1. The second kappa shape index (κ2) is 5.05. The molecular formula is C15H21N3O. The molecule has 4 nitrogen and oxygen atoms in total. The Bertz CT molecular complexity index is 567. The molecule has 0 unspecified atom stereocenters. The first-order chi connectivity index (χ1) is 8.95. The summed E-state index contributed by atoms with van der Waals surface area (Å²) in [5.74, 6) is 0.908. The van der Waals surface area contributed by atoms with Crippen molar-refractivity contribution in [1.29, 1.82) is 0 Å². The Morgan fingerprint density at radius 1 is 1.26 bits per heavy atom. The van der Waals surface area contributed by atoms with Gasteiger partial charge in [0, 0.05) is 23.4 Å². The third-order valence-electron chi connectivity index (χ3n) is 3.15. The summed E-state index contributed by atoms with van der Waals surface area (Å²) in [6, 6.07) is 8.13. The average molecular weight is 259 g/mol. The van der Waals surface area contributed by atoms with Crippen LogP contribution < -0.4 is 10.5 Å². The Kier molecular flexibility index (Phi) is 3.62. The smallest absolute Gasteiger partial charge is 0.122 e. The van der Waals surface area contributed by atoms with Crippen molar-refractivity contribution in [3.05, 3.63) is 35.5 Å². The van der Waals surface area contributed by atoms with Gasteiger partial charge in [0.25, 0.3) is 0 Å². The number of hydrogen-bond acceptors (Lipinski definition) is 3. The van der Waals surface area contributed by atoms with Crippen molar-refractivity contribution < 1.29 is 4.74 Å². The van der Waals surface area contributed by atoms with E-state index in [9.17, 15) is 0 Å². The molecule has 0 radical (unpaired) electrons. The normalized spacial score (nSPS) is 11.6. The molecule has 0 spiro atoms. The summed E-state index contributed by atoms with van der Waals surface area (Å²) >= 11 is 0. The molecule has 1 aromatic carbocycles. The van der Waals surface area contributed by atoms with E-state index in [0.717, 1.165) is 22.7 Å². The molecule has 3 N–H and O–H groups in total. The molecule has 2 rings (SSSR count). The molecule has 1 heterocycles. The van der Waals surface area contributed by atoms with Crippen molar-refractivity contribution in [2.45, 2.75) is 32.7 Å². The Balaban J connectivity index is 2.48. The van der Waals surface area contributed by atoms with E-state index >= 15 is 0 Å². The molecule has 19 heavy (non-hydrogen) atoms. The fourth-order valence-electron chi connectivity index (χ4n) is 2.07. The summed E-state index contributed by atoms with van der Waals surface area (Å²) in [6.07, 6.45) is 0. The van der Waals surface area contributed by atoms with E-state index in [-0.39, 0.29) is 5.41 Å². The van der Waals surface area contributed by atoms with Crippen LogP contribution in [-0.2, 0) is 12.0 Å². The number of ether oxygens (including phenoxy) is 1. The number of H-pyrrole nitrogens is 1. The van der Waals surface area contributed by atoms with Crippen LogP contribution in [0.25, 0.3) is 11.3 Å². The van der Waals surface area contributed by atoms with Crippen LogP contribution in [-0.4, -0.2) is 17.3 Å².